The molecule has 39 heavy (non-hydrogen) atoms. The lowest BCUT2D eigenvalue weighted by Crippen LogP contribution is -2.52. The molecule has 2 aromatic carbocycles. The molecular formula is C30H28ClN5O3. The van der Waals surface area contributed by atoms with Gasteiger partial charge in [0.25, 0.3) is 5.91 Å². The Bertz CT molecular complexity index is 1630. The van der Waals surface area contributed by atoms with Crippen molar-refractivity contribution in [3.8, 4) is 11.3 Å². The fourth-order valence-electron chi connectivity index (χ4n) is 5.41. The molecule has 0 saturated carbocycles. The number of aromatic nitrogens is 2. The number of aryl methyl sites for hydroxylation is 1. The predicted molar refractivity (Wildman–Crippen MR) is 148 cm³/mol. The quantitative estimate of drug-likeness (QED) is 0.272. The first kappa shape index (κ1) is 25.3. The number of nitrogens with one attached hydrogen (secondary N) is 2. The van der Waals surface area contributed by atoms with Crippen LogP contribution in [0.3, 0.4) is 0 Å². The molecule has 2 aromatic heterocycles. The molecular weight excluding hydrogens is 514 g/mol. The maximum Gasteiger partial charge on any atom is 0.255 e. The van der Waals surface area contributed by atoms with Crippen molar-refractivity contribution in [1.82, 2.24) is 24.9 Å². The van der Waals surface area contributed by atoms with Crippen molar-refractivity contribution in [2.45, 2.75) is 45.3 Å². The number of halogens is 1. The van der Waals surface area contributed by atoms with E-state index >= 15 is 0 Å². The average molecular weight is 542 g/mol. The van der Waals surface area contributed by atoms with Crippen LogP contribution in [0.4, 0.5) is 0 Å². The first-order chi connectivity index (χ1) is 18.9. The van der Waals surface area contributed by atoms with Crippen molar-refractivity contribution in [3.05, 3.63) is 93.9 Å². The molecule has 8 nitrogen and oxygen atoms in total. The molecule has 4 aromatic rings. The average Bonchev–Trinajstić information content (AvgIpc) is 3.52. The highest BCUT2D eigenvalue weighted by Crippen LogP contribution is 2.32. The number of imide groups is 1. The molecule has 6 rings (SSSR count). The SMILES string of the molecule is Cc1ccc(CCNCc2cc(-c3ccc4c(c3)CN(C3CCC(=O)NC3=O)C4=O)n3cncc3c2)cc1Cl. The molecule has 0 spiro atoms. The van der Waals surface area contributed by atoms with Gasteiger partial charge >= 0.3 is 0 Å². The highest BCUT2D eigenvalue weighted by Gasteiger charge is 2.39. The van der Waals surface area contributed by atoms with Gasteiger partial charge in [0.05, 0.1) is 23.7 Å². The summed E-state index contributed by atoms with van der Waals surface area (Å²) in [6, 6.07) is 15.6. The minimum Gasteiger partial charge on any atom is -0.322 e. The topological polar surface area (TPSA) is 95.8 Å². The van der Waals surface area contributed by atoms with Gasteiger partial charge in [0.2, 0.25) is 11.8 Å². The smallest absolute Gasteiger partial charge is 0.255 e. The first-order valence-corrected chi connectivity index (χ1v) is 13.4. The van der Waals surface area contributed by atoms with Crippen LogP contribution in [0.1, 0.15) is 45.5 Å². The van der Waals surface area contributed by atoms with E-state index in [0.29, 0.717) is 25.1 Å². The Balaban J connectivity index is 1.20. The lowest BCUT2D eigenvalue weighted by atomic mass is 10.0. The zero-order valence-corrected chi connectivity index (χ0v) is 22.3. The number of pyridine rings is 1. The van der Waals surface area contributed by atoms with Crippen molar-refractivity contribution in [2.75, 3.05) is 6.54 Å². The highest BCUT2D eigenvalue weighted by atomic mass is 35.5. The molecule has 2 aliphatic rings. The van der Waals surface area contributed by atoms with E-state index in [0.717, 1.165) is 51.5 Å². The summed E-state index contributed by atoms with van der Waals surface area (Å²) in [5, 5.41) is 6.68. The van der Waals surface area contributed by atoms with Crippen LogP contribution in [0.15, 0.2) is 61.1 Å². The summed E-state index contributed by atoms with van der Waals surface area (Å²) in [5.74, 6) is -0.869. The molecule has 1 saturated heterocycles. The van der Waals surface area contributed by atoms with Gasteiger partial charge in [0, 0.05) is 30.1 Å². The zero-order valence-electron chi connectivity index (χ0n) is 21.5. The molecule has 0 aliphatic carbocycles. The number of benzene rings is 2. The summed E-state index contributed by atoms with van der Waals surface area (Å²) >= 11 is 6.27. The first-order valence-electron chi connectivity index (χ1n) is 13.1. The molecule has 198 valence electrons. The number of hydrogen-bond acceptors (Lipinski definition) is 5. The summed E-state index contributed by atoms with van der Waals surface area (Å²) in [5.41, 5.74) is 7.79. The van der Waals surface area contributed by atoms with Gasteiger partial charge in [-0.3, -0.25) is 24.1 Å². The van der Waals surface area contributed by atoms with Gasteiger partial charge in [-0.25, -0.2) is 4.98 Å². The van der Waals surface area contributed by atoms with Gasteiger partial charge in [-0.05, 0) is 84.5 Å². The summed E-state index contributed by atoms with van der Waals surface area (Å²) in [6.07, 6.45) is 5.09. The molecule has 2 N–H and O–H groups in total. The fraction of sp³-hybridized carbons (Fsp3) is 0.267. The number of carbonyl (C=O) groups is 3. The molecule has 1 fully saturated rings. The second-order valence-electron chi connectivity index (χ2n) is 10.2. The Morgan fingerprint density at radius 1 is 1.08 bits per heavy atom. The van der Waals surface area contributed by atoms with E-state index in [2.05, 4.69) is 33.8 Å². The molecule has 9 heteroatoms. The Labute approximate surface area is 231 Å². The molecule has 4 heterocycles. The third kappa shape index (κ3) is 4.93. The predicted octanol–water partition coefficient (Wildman–Crippen LogP) is 4.06. The van der Waals surface area contributed by atoms with Gasteiger partial charge in [0.15, 0.2) is 0 Å². The Hall–Kier alpha value is -4.01. The largest absolute Gasteiger partial charge is 0.322 e. The van der Waals surface area contributed by atoms with Gasteiger partial charge in [-0.2, -0.15) is 0 Å². The highest BCUT2D eigenvalue weighted by molar-refractivity contribution is 6.31. The van der Waals surface area contributed by atoms with Crippen LogP contribution in [0.2, 0.25) is 5.02 Å². The maximum absolute atomic E-state index is 13.1. The van der Waals surface area contributed by atoms with Crippen molar-refractivity contribution in [2.24, 2.45) is 0 Å². The second kappa shape index (κ2) is 10.3. The molecule has 2 aliphatic heterocycles. The Morgan fingerprint density at radius 2 is 1.95 bits per heavy atom. The number of hydrogen-bond donors (Lipinski definition) is 2. The number of amides is 3. The minimum absolute atomic E-state index is 0.174. The van der Waals surface area contributed by atoms with Crippen LogP contribution < -0.4 is 10.6 Å². The van der Waals surface area contributed by atoms with Crippen LogP contribution in [0, 0.1) is 6.92 Å². The van der Waals surface area contributed by atoms with Crippen LogP contribution in [-0.4, -0.2) is 44.6 Å². The van der Waals surface area contributed by atoms with Gasteiger partial charge in [-0.1, -0.05) is 29.8 Å². The van der Waals surface area contributed by atoms with Crippen LogP contribution in [-0.2, 0) is 29.1 Å². The summed E-state index contributed by atoms with van der Waals surface area (Å²) in [6.45, 7) is 3.85. The van der Waals surface area contributed by atoms with E-state index in [1.807, 2.05) is 47.9 Å². The maximum atomic E-state index is 13.1. The normalized spacial score (nSPS) is 17.1. The van der Waals surface area contributed by atoms with Crippen LogP contribution in [0.25, 0.3) is 16.8 Å². The molecule has 0 bridgehead atoms. The third-order valence-corrected chi connectivity index (χ3v) is 7.96. The number of rotatable bonds is 7. The van der Waals surface area contributed by atoms with E-state index < -0.39 is 11.9 Å². The lowest BCUT2D eigenvalue weighted by Gasteiger charge is -2.29. The standard InChI is InChI=1S/C30H28ClN5O3/c1-18-2-3-19(11-25(18)31)8-9-32-14-20-10-23-15-33-17-36(23)27(12-20)21-4-5-24-22(13-21)16-35(30(24)39)26-6-7-28(37)34-29(26)38/h2-5,10-13,15,17,26,32H,6-9,14,16H2,1H3,(H,34,37,38). The van der Waals surface area contributed by atoms with Crippen LogP contribution >= 0.6 is 11.6 Å². The van der Waals surface area contributed by atoms with Crippen molar-refractivity contribution < 1.29 is 14.4 Å². The molecule has 1 atom stereocenters. The summed E-state index contributed by atoms with van der Waals surface area (Å²) < 4.78 is 2.04. The van der Waals surface area contributed by atoms with Crippen molar-refractivity contribution in [3.63, 3.8) is 0 Å². The van der Waals surface area contributed by atoms with Gasteiger partial charge in [0.1, 0.15) is 6.04 Å². The monoisotopic (exact) mass is 541 g/mol. The molecule has 0 radical (unpaired) electrons. The number of nitrogens with zero attached hydrogens (tertiary/aromatic N) is 3. The zero-order chi connectivity index (χ0) is 27.1. The number of carbonyl (C=O) groups excluding carboxylic acids is 3. The van der Waals surface area contributed by atoms with Gasteiger partial charge < -0.3 is 10.2 Å². The summed E-state index contributed by atoms with van der Waals surface area (Å²) in [4.78, 5) is 43.0. The molecule has 1 unspecified atom stereocenters. The van der Waals surface area contributed by atoms with E-state index in [-0.39, 0.29) is 18.2 Å². The van der Waals surface area contributed by atoms with E-state index in [1.54, 1.807) is 11.2 Å². The minimum atomic E-state index is -0.628. The second-order valence-corrected chi connectivity index (χ2v) is 10.6. The number of piperidine rings is 1. The van der Waals surface area contributed by atoms with E-state index in [4.69, 9.17) is 11.6 Å². The fourth-order valence-corrected chi connectivity index (χ4v) is 5.61. The Morgan fingerprint density at radius 3 is 2.77 bits per heavy atom. The third-order valence-electron chi connectivity index (χ3n) is 7.56. The van der Waals surface area contributed by atoms with E-state index in [9.17, 15) is 14.4 Å². The van der Waals surface area contributed by atoms with Crippen molar-refractivity contribution in [1.29, 1.82) is 0 Å². The lowest BCUT2D eigenvalue weighted by molar-refractivity contribution is -0.136. The van der Waals surface area contributed by atoms with E-state index in [1.165, 1.54) is 5.56 Å². The van der Waals surface area contributed by atoms with Crippen molar-refractivity contribution >= 4 is 34.8 Å². The number of imidazole rings is 1. The van der Waals surface area contributed by atoms with Gasteiger partial charge in [-0.15, -0.1) is 0 Å². The molecule has 3 amide bonds. The summed E-state index contributed by atoms with van der Waals surface area (Å²) in [7, 11) is 0. The Kier molecular flexibility index (Phi) is 6.66. The van der Waals surface area contributed by atoms with Crippen LogP contribution in [0.5, 0.6) is 0 Å². The number of fused-ring (bicyclic) bond motifs is 2.